The molecule has 0 saturated carbocycles. The smallest absolute Gasteiger partial charge is 0.363 e. The van der Waals surface area contributed by atoms with Gasteiger partial charge in [-0.25, -0.2) is 14.8 Å². The molecule has 0 bridgehead atoms. The predicted octanol–water partition coefficient (Wildman–Crippen LogP) is 2.64. The maximum Gasteiger partial charge on any atom is 0.363 e. The van der Waals surface area contributed by atoms with Crippen LogP contribution in [-0.2, 0) is 9.53 Å². The van der Waals surface area contributed by atoms with Gasteiger partial charge in [-0.05, 0) is 29.8 Å². The second-order valence-electron chi connectivity index (χ2n) is 4.07. The number of hydrogen-bond donors (Lipinski definition) is 0. The van der Waals surface area contributed by atoms with E-state index in [2.05, 4.69) is 9.98 Å². The van der Waals surface area contributed by atoms with E-state index in [1.54, 1.807) is 24.4 Å². The summed E-state index contributed by atoms with van der Waals surface area (Å²) in [5.41, 5.74) is 0.830. The van der Waals surface area contributed by atoms with Gasteiger partial charge in [-0.3, -0.25) is 0 Å². The minimum atomic E-state index is -0.574. The number of carbonyl (C=O) groups excluding carboxylic acids is 1. The number of ether oxygens (including phenoxy) is 2. The van der Waals surface area contributed by atoms with Gasteiger partial charge in [0.25, 0.3) is 0 Å². The van der Waals surface area contributed by atoms with Crippen LogP contribution in [0.5, 0.6) is 5.88 Å². The lowest BCUT2D eigenvalue weighted by Crippen LogP contribution is -2.03. The Morgan fingerprint density at radius 3 is 2.81 bits per heavy atom. The van der Waals surface area contributed by atoms with E-state index in [-0.39, 0.29) is 16.7 Å². The number of halogens is 1. The van der Waals surface area contributed by atoms with Gasteiger partial charge in [-0.2, -0.15) is 4.39 Å². The van der Waals surface area contributed by atoms with Crippen molar-refractivity contribution in [3.05, 3.63) is 51.7 Å². The van der Waals surface area contributed by atoms with Crippen LogP contribution < -0.4 is 4.74 Å². The number of thiophene rings is 1. The van der Waals surface area contributed by atoms with Crippen LogP contribution in [0.3, 0.4) is 0 Å². The van der Waals surface area contributed by atoms with Gasteiger partial charge in [0.05, 0.1) is 12.0 Å². The van der Waals surface area contributed by atoms with E-state index in [1.165, 1.54) is 19.2 Å². The summed E-state index contributed by atoms with van der Waals surface area (Å²) in [6.07, 6.45) is 3.10. The second kappa shape index (κ2) is 5.45. The topological polar surface area (TPSA) is 60.8 Å². The fourth-order valence-corrected chi connectivity index (χ4v) is 2.36. The van der Waals surface area contributed by atoms with Crippen molar-refractivity contribution in [1.82, 2.24) is 4.98 Å². The third-order valence-electron chi connectivity index (χ3n) is 2.68. The van der Waals surface area contributed by atoms with Crippen LogP contribution in [-0.4, -0.2) is 24.0 Å². The molecule has 0 saturated heterocycles. The molecule has 0 atom stereocenters. The lowest BCUT2D eigenvalue weighted by molar-refractivity contribution is -0.129. The van der Waals surface area contributed by atoms with Crippen molar-refractivity contribution < 1.29 is 18.7 Å². The zero-order valence-corrected chi connectivity index (χ0v) is 11.7. The summed E-state index contributed by atoms with van der Waals surface area (Å²) in [6, 6.07) is 6.23. The van der Waals surface area contributed by atoms with E-state index in [4.69, 9.17) is 9.47 Å². The number of rotatable bonds is 3. The molecule has 7 heteroatoms. The zero-order chi connectivity index (χ0) is 14.8. The van der Waals surface area contributed by atoms with E-state index in [0.29, 0.717) is 16.3 Å². The number of hydrogen-bond acceptors (Lipinski definition) is 6. The van der Waals surface area contributed by atoms with E-state index >= 15 is 0 Å². The fraction of sp³-hybridized carbons (Fsp3) is 0.0714. The van der Waals surface area contributed by atoms with Crippen LogP contribution in [0.1, 0.15) is 10.4 Å². The van der Waals surface area contributed by atoms with E-state index in [0.717, 1.165) is 11.3 Å². The highest BCUT2D eigenvalue weighted by Gasteiger charge is 2.25. The maximum absolute atomic E-state index is 13.0. The normalized spacial score (nSPS) is 16.0. The summed E-state index contributed by atoms with van der Waals surface area (Å²) >= 11 is 0.870. The highest BCUT2D eigenvalue weighted by Crippen LogP contribution is 2.23. The molecule has 0 radical (unpaired) electrons. The molecule has 0 fully saturated rings. The molecule has 3 heterocycles. The predicted molar refractivity (Wildman–Crippen MR) is 75.7 cm³/mol. The Morgan fingerprint density at radius 2 is 2.19 bits per heavy atom. The standard InChI is InChI=1S/C14H9FN2O3S/c1-19-12-5-2-8(7-16-12)6-9-14(18)20-13(17-9)10-3-4-11(15)21-10/h2-7H,1H3. The highest BCUT2D eigenvalue weighted by atomic mass is 32.1. The summed E-state index contributed by atoms with van der Waals surface area (Å²) in [7, 11) is 1.52. The quantitative estimate of drug-likeness (QED) is 0.646. The van der Waals surface area contributed by atoms with Crippen molar-refractivity contribution in [1.29, 1.82) is 0 Å². The first-order chi connectivity index (χ1) is 10.2. The largest absolute Gasteiger partial charge is 0.481 e. The summed E-state index contributed by atoms with van der Waals surface area (Å²) < 4.78 is 23.0. The summed E-state index contributed by atoms with van der Waals surface area (Å²) in [5.74, 6) is 0.0145. The Morgan fingerprint density at radius 1 is 1.33 bits per heavy atom. The molecule has 5 nitrogen and oxygen atoms in total. The van der Waals surface area contributed by atoms with Crippen LogP contribution in [0.25, 0.3) is 6.08 Å². The lowest BCUT2D eigenvalue weighted by atomic mass is 10.2. The van der Waals surface area contributed by atoms with Crippen LogP contribution in [0.4, 0.5) is 4.39 Å². The molecule has 3 rings (SSSR count). The SMILES string of the molecule is COc1ccc(C=C2N=C(c3ccc(F)s3)OC2=O)cn1. The van der Waals surface area contributed by atoms with Gasteiger partial charge >= 0.3 is 5.97 Å². The van der Waals surface area contributed by atoms with Crippen LogP contribution >= 0.6 is 11.3 Å². The average Bonchev–Trinajstić information content (AvgIpc) is 3.07. The first-order valence-corrected chi connectivity index (χ1v) is 6.75. The molecule has 21 heavy (non-hydrogen) atoms. The molecule has 2 aromatic rings. The van der Waals surface area contributed by atoms with Crippen LogP contribution in [0.2, 0.25) is 0 Å². The Labute approximate surface area is 123 Å². The number of aromatic nitrogens is 1. The summed E-state index contributed by atoms with van der Waals surface area (Å²) in [5, 5.41) is -0.361. The Kier molecular flexibility index (Phi) is 3.49. The van der Waals surface area contributed by atoms with Gasteiger partial charge in [0.2, 0.25) is 11.8 Å². The molecule has 0 unspecified atom stereocenters. The number of nitrogens with zero attached hydrogens (tertiary/aromatic N) is 2. The number of aliphatic imine (C=N–C) groups is 1. The second-order valence-corrected chi connectivity index (χ2v) is 5.11. The van der Waals surface area contributed by atoms with E-state index < -0.39 is 5.97 Å². The maximum atomic E-state index is 13.0. The number of methoxy groups -OCH3 is 1. The lowest BCUT2D eigenvalue weighted by Gasteiger charge is -1.97. The third kappa shape index (κ3) is 2.82. The van der Waals surface area contributed by atoms with Crippen molar-refractivity contribution >= 4 is 29.3 Å². The number of esters is 1. The first kappa shape index (κ1) is 13.4. The monoisotopic (exact) mass is 304 g/mol. The van der Waals surface area contributed by atoms with Crippen molar-refractivity contribution in [3.63, 3.8) is 0 Å². The van der Waals surface area contributed by atoms with Crippen molar-refractivity contribution in [3.8, 4) is 5.88 Å². The Hall–Kier alpha value is -2.54. The van der Waals surface area contributed by atoms with Gasteiger partial charge in [0.1, 0.15) is 0 Å². The number of carbonyl (C=O) groups is 1. The minimum Gasteiger partial charge on any atom is -0.481 e. The molecule has 0 aliphatic carbocycles. The van der Waals surface area contributed by atoms with Crippen molar-refractivity contribution in [2.75, 3.05) is 7.11 Å². The van der Waals surface area contributed by atoms with Gasteiger partial charge in [0, 0.05) is 12.3 Å². The number of pyridine rings is 1. The van der Waals surface area contributed by atoms with Crippen molar-refractivity contribution in [2.24, 2.45) is 4.99 Å². The molecule has 0 spiro atoms. The summed E-state index contributed by atoms with van der Waals surface area (Å²) in [6.45, 7) is 0. The Bertz CT molecular complexity index is 750. The molecule has 1 aliphatic heterocycles. The van der Waals surface area contributed by atoms with Gasteiger partial charge < -0.3 is 9.47 Å². The van der Waals surface area contributed by atoms with Crippen LogP contribution in [0.15, 0.2) is 41.2 Å². The Balaban J connectivity index is 1.88. The summed E-state index contributed by atoms with van der Waals surface area (Å²) in [4.78, 5) is 20.3. The molecule has 0 amide bonds. The van der Waals surface area contributed by atoms with Gasteiger partial charge in [-0.1, -0.05) is 0 Å². The fourth-order valence-electron chi connectivity index (χ4n) is 1.70. The third-order valence-corrected chi connectivity index (χ3v) is 3.54. The van der Waals surface area contributed by atoms with E-state index in [1.807, 2.05) is 0 Å². The first-order valence-electron chi connectivity index (χ1n) is 5.94. The van der Waals surface area contributed by atoms with Gasteiger partial charge in [-0.15, -0.1) is 11.3 Å². The molecule has 1 aliphatic rings. The van der Waals surface area contributed by atoms with Crippen LogP contribution in [0, 0.1) is 5.13 Å². The molecular formula is C14H9FN2O3S. The molecular weight excluding hydrogens is 295 g/mol. The van der Waals surface area contributed by atoms with Gasteiger partial charge in [0.15, 0.2) is 10.8 Å². The zero-order valence-electron chi connectivity index (χ0n) is 10.9. The highest BCUT2D eigenvalue weighted by molar-refractivity contribution is 7.12. The van der Waals surface area contributed by atoms with E-state index in [9.17, 15) is 9.18 Å². The average molecular weight is 304 g/mol. The molecule has 0 aromatic carbocycles. The number of cyclic esters (lactones) is 1. The minimum absolute atomic E-state index is 0.113. The van der Waals surface area contributed by atoms with Crippen molar-refractivity contribution in [2.45, 2.75) is 0 Å². The molecule has 0 N–H and O–H groups in total. The molecule has 106 valence electrons. The molecule has 2 aromatic heterocycles.